The van der Waals surface area contributed by atoms with Gasteiger partial charge in [-0.3, -0.25) is 18.0 Å². The van der Waals surface area contributed by atoms with Crippen LogP contribution in [-0.2, 0) is 26.8 Å². The van der Waals surface area contributed by atoms with E-state index in [1.165, 1.54) is 26.2 Å². The molecule has 0 spiro atoms. The van der Waals surface area contributed by atoms with E-state index in [1.807, 2.05) is 6.92 Å². The number of rotatable bonds is 4. The van der Waals surface area contributed by atoms with Gasteiger partial charge in [-0.1, -0.05) is 0 Å². The number of benzene rings is 1. The van der Waals surface area contributed by atoms with Crippen molar-refractivity contribution in [3.8, 4) is 0 Å². The quantitative estimate of drug-likeness (QED) is 0.838. The van der Waals surface area contributed by atoms with Crippen LogP contribution in [0.15, 0.2) is 23.1 Å². The first kappa shape index (κ1) is 18.5. The third kappa shape index (κ3) is 2.62. The summed E-state index contributed by atoms with van der Waals surface area (Å²) < 4.78 is 56.5. The second kappa shape index (κ2) is 5.88. The molecule has 1 N–H and O–H groups in total. The van der Waals surface area contributed by atoms with Crippen molar-refractivity contribution in [1.82, 2.24) is 9.78 Å². The number of aryl methyl sites for hydroxylation is 2. The second-order valence-electron chi connectivity index (χ2n) is 6.07. The van der Waals surface area contributed by atoms with Crippen LogP contribution in [0.5, 0.6) is 0 Å². The third-order valence-corrected chi connectivity index (χ3v) is 7.89. The molecule has 1 aromatic heterocycles. The summed E-state index contributed by atoms with van der Waals surface area (Å²) in [6.07, 6.45) is 0. The summed E-state index contributed by atoms with van der Waals surface area (Å²) in [5, 5.41) is 4.24. The van der Waals surface area contributed by atoms with Gasteiger partial charge in [0.2, 0.25) is 0 Å². The molecule has 0 bridgehead atoms. The number of hydrogen-bond donors (Lipinski definition) is 1. The zero-order chi connectivity index (χ0) is 19.4. The Bertz CT molecular complexity index is 1090. The van der Waals surface area contributed by atoms with E-state index in [-0.39, 0.29) is 10.6 Å². The van der Waals surface area contributed by atoms with Gasteiger partial charge < -0.3 is 0 Å². The summed E-state index contributed by atoms with van der Waals surface area (Å²) in [7, 11) is -4.59. The summed E-state index contributed by atoms with van der Waals surface area (Å²) in [6.45, 7) is 5.80. The fourth-order valence-corrected chi connectivity index (χ4v) is 5.75. The van der Waals surface area contributed by atoms with Crippen LogP contribution in [0.25, 0.3) is 0 Å². The van der Waals surface area contributed by atoms with Crippen molar-refractivity contribution < 1.29 is 16.8 Å². The molecule has 0 fully saturated rings. The van der Waals surface area contributed by atoms with Crippen LogP contribution in [0.1, 0.15) is 18.3 Å². The Morgan fingerprint density at radius 3 is 2.31 bits per heavy atom. The van der Waals surface area contributed by atoms with Crippen molar-refractivity contribution in [3.63, 3.8) is 0 Å². The molecule has 2 aromatic rings. The van der Waals surface area contributed by atoms with Crippen LogP contribution in [0.3, 0.4) is 0 Å². The topological polar surface area (TPSA) is 105 Å². The van der Waals surface area contributed by atoms with Crippen molar-refractivity contribution >= 4 is 37.3 Å². The van der Waals surface area contributed by atoms with Gasteiger partial charge in [-0.25, -0.2) is 8.42 Å². The van der Waals surface area contributed by atoms with Gasteiger partial charge in [0, 0.05) is 20.6 Å². The highest BCUT2D eigenvalue weighted by Gasteiger charge is 2.35. The zero-order valence-corrected chi connectivity index (χ0v) is 16.8. The lowest BCUT2D eigenvalue weighted by molar-refractivity contribution is 0.594. The number of sulfonamides is 1. The molecule has 0 saturated carbocycles. The molecule has 26 heavy (non-hydrogen) atoms. The third-order valence-electron chi connectivity index (χ3n) is 4.48. The van der Waals surface area contributed by atoms with E-state index in [4.69, 9.17) is 0 Å². The first-order valence-electron chi connectivity index (χ1n) is 7.94. The number of aromatic nitrogens is 2. The van der Waals surface area contributed by atoms with E-state index in [0.717, 1.165) is 8.61 Å². The summed E-state index contributed by atoms with van der Waals surface area (Å²) in [5.41, 5.74) is 2.15. The van der Waals surface area contributed by atoms with Crippen LogP contribution < -0.4 is 13.3 Å². The Kier molecular flexibility index (Phi) is 4.19. The maximum Gasteiger partial charge on any atom is 0.326 e. The summed E-state index contributed by atoms with van der Waals surface area (Å²) >= 11 is 0. The van der Waals surface area contributed by atoms with Crippen molar-refractivity contribution in [2.24, 2.45) is 0 Å². The lowest BCUT2D eigenvalue weighted by Crippen LogP contribution is -2.32. The fraction of sp³-hybridized carbons (Fsp3) is 0.400. The summed E-state index contributed by atoms with van der Waals surface area (Å²) in [5.74, 6) is 0. The van der Waals surface area contributed by atoms with E-state index in [2.05, 4.69) is 9.82 Å². The van der Waals surface area contributed by atoms with Gasteiger partial charge in [-0.15, -0.1) is 0 Å². The minimum Gasteiger partial charge on any atom is -0.279 e. The maximum absolute atomic E-state index is 12.8. The van der Waals surface area contributed by atoms with Gasteiger partial charge in [0.1, 0.15) is 4.90 Å². The Morgan fingerprint density at radius 2 is 1.73 bits per heavy atom. The van der Waals surface area contributed by atoms with Crippen LogP contribution in [0, 0.1) is 13.8 Å². The molecule has 3 rings (SSSR count). The monoisotopic (exact) mass is 399 g/mol. The van der Waals surface area contributed by atoms with Gasteiger partial charge in [0.25, 0.3) is 10.0 Å². The number of nitrogens with zero attached hydrogens (tertiary/aromatic N) is 4. The highest BCUT2D eigenvalue weighted by atomic mass is 32.2. The molecule has 1 aliphatic rings. The Labute approximate surface area is 153 Å². The lowest BCUT2D eigenvalue weighted by Gasteiger charge is -2.13. The highest BCUT2D eigenvalue weighted by Crippen LogP contribution is 2.40. The van der Waals surface area contributed by atoms with Crippen LogP contribution >= 0.6 is 0 Å². The zero-order valence-electron chi connectivity index (χ0n) is 15.2. The molecule has 1 aliphatic heterocycles. The van der Waals surface area contributed by atoms with E-state index in [0.29, 0.717) is 29.3 Å². The van der Waals surface area contributed by atoms with Crippen molar-refractivity contribution in [3.05, 3.63) is 29.6 Å². The maximum atomic E-state index is 12.8. The first-order valence-corrected chi connectivity index (χ1v) is 10.8. The van der Waals surface area contributed by atoms with Gasteiger partial charge in [0.15, 0.2) is 0 Å². The average molecular weight is 399 g/mol. The van der Waals surface area contributed by atoms with Crippen molar-refractivity contribution in [2.45, 2.75) is 32.2 Å². The molecule has 0 unspecified atom stereocenters. The highest BCUT2D eigenvalue weighted by molar-refractivity contribution is 7.94. The van der Waals surface area contributed by atoms with Gasteiger partial charge in [-0.2, -0.15) is 13.5 Å². The molecular weight excluding hydrogens is 378 g/mol. The van der Waals surface area contributed by atoms with E-state index in [1.54, 1.807) is 24.6 Å². The average Bonchev–Trinajstić information content (AvgIpc) is 2.94. The molecular formula is C15H21N5O4S2. The minimum absolute atomic E-state index is 0.137. The Balaban J connectivity index is 2.01. The number of nitrogens with one attached hydrogen (secondary N) is 1. The van der Waals surface area contributed by atoms with Gasteiger partial charge in [0.05, 0.1) is 28.5 Å². The largest absolute Gasteiger partial charge is 0.326 e. The Morgan fingerprint density at radius 1 is 1.12 bits per heavy atom. The molecule has 0 saturated heterocycles. The second-order valence-corrected chi connectivity index (χ2v) is 9.68. The van der Waals surface area contributed by atoms with E-state index >= 15 is 0 Å². The van der Waals surface area contributed by atoms with E-state index in [9.17, 15) is 16.8 Å². The molecule has 0 atom stereocenters. The molecule has 0 aliphatic carbocycles. The molecule has 11 heteroatoms. The molecule has 0 amide bonds. The Hall–Kier alpha value is -2.27. The fourth-order valence-electron chi connectivity index (χ4n) is 3.12. The lowest BCUT2D eigenvalue weighted by atomic mass is 10.2. The summed E-state index contributed by atoms with van der Waals surface area (Å²) in [6, 6.07) is 4.61. The van der Waals surface area contributed by atoms with Crippen LogP contribution in [0.4, 0.5) is 17.1 Å². The molecule has 0 radical (unpaired) electrons. The molecule has 9 nitrogen and oxygen atoms in total. The predicted octanol–water partition coefficient (Wildman–Crippen LogP) is 1.45. The number of anilines is 3. The first-order chi connectivity index (χ1) is 12.0. The van der Waals surface area contributed by atoms with Crippen LogP contribution in [0.2, 0.25) is 0 Å². The molecule has 1 aromatic carbocycles. The normalized spacial score (nSPS) is 16.0. The minimum atomic E-state index is -3.86. The molecule has 142 valence electrons. The smallest absolute Gasteiger partial charge is 0.279 e. The summed E-state index contributed by atoms with van der Waals surface area (Å²) in [4.78, 5) is 0.137. The van der Waals surface area contributed by atoms with Gasteiger partial charge >= 0.3 is 10.2 Å². The standard InChI is InChI=1S/C15H21N5O4S2/c1-6-20-11(3)15(10(2)16-20)25(21,22)17-12-7-8-13-14(9-12)19(5)26(23,24)18(13)4/h7-9,17H,6H2,1-5H3. The SMILES string of the molecule is CCn1nc(C)c(S(=O)(=O)Nc2ccc3c(c2)N(C)S(=O)(=O)N3C)c1C. The van der Waals surface area contributed by atoms with Crippen molar-refractivity contribution in [1.29, 1.82) is 0 Å². The molecule has 2 heterocycles. The van der Waals surface area contributed by atoms with Crippen molar-refractivity contribution in [2.75, 3.05) is 27.4 Å². The van der Waals surface area contributed by atoms with Crippen LogP contribution in [-0.4, -0.2) is 40.7 Å². The van der Waals surface area contributed by atoms with Gasteiger partial charge in [-0.05, 0) is 39.0 Å². The predicted molar refractivity (Wildman–Crippen MR) is 100 cm³/mol. The number of hydrogen-bond acceptors (Lipinski definition) is 5. The number of fused-ring (bicyclic) bond motifs is 1. The van der Waals surface area contributed by atoms with E-state index < -0.39 is 20.2 Å².